The molecule has 106 valence electrons. The van der Waals surface area contributed by atoms with Gasteiger partial charge >= 0.3 is 0 Å². The first kappa shape index (κ1) is 14.3. The topological polar surface area (TPSA) is 55.1 Å². The summed E-state index contributed by atoms with van der Waals surface area (Å²) in [6, 6.07) is 10.0. The van der Waals surface area contributed by atoms with Gasteiger partial charge in [-0.25, -0.2) is 0 Å². The molecule has 2 aromatic rings. The number of benzene rings is 1. The number of amides is 1. The first-order chi connectivity index (χ1) is 9.63. The predicted molar refractivity (Wildman–Crippen MR) is 77.5 cm³/mol. The summed E-state index contributed by atoms with van der Waals surface area (Å²) in [6.07, 6.45) is 1.90. The number of aryl methyl sites for hydroxylation is 2. The van der Waals surface area contributed by atoms with Gasteiger partial charge in [-0.15, -0.1) is 0 Å². The number of aromatic nitrogens is 1. The van der Waals surface area contributed by atoms with E-state index in [1.807, 2.05) is 30.3 Å². The van der Waals surface area contributed by atoms with Crippen LogP contribution in [0, 0.1) is 13.8 Å². The van der Waals surface area contributed by atoms with E-state index in [0.717, 1.165) is 18.4 Å². The molecule has 4 nitrogen and oxygen atoms in total. The van der Waals surface area contributed by atoms with E-state index in [9.17, 15) is 4.79 Å². The number of carbonyl (C=O) groups excluding carboxylic acids is 1. The van der Waals surface area contributed by atoms with E-state index in [1.165, 1.54) is 0 Å². The molecule has 1 amide bonds. The Morgan fingerprint density at radius 2 is 2.00 bits per heavy atom. The van der Waals surface area contributed by atoms with Gasteiger partial charge in [-0.3, -0.25) is 4.79 Å². The summed E-state index contributed by atoms with van der Waals surface area (Å²) in [5, 5.41) is 6.91. The Labute approximate surface area is 119 Å². The van der Waals surface area contributed by atoms with Gasteiger partial charge in [0.2, 0.25) is 0 Å². The number of carbonyl (C=O) groups is 1. The van der Waals surface area contributed by atoms with Crippen molar-refractivity contribution in [1.82, 2.24) is 10.5 Å². The van der Waals surface area contributed by atoms with Crippen LogP contribution in [0.2, 0.25) is 0 Å². The number of nitrogens with zero attached hydrogens (tertiary/aromatic N) is 1. The van der Waals surface area contributed by atoms with Crippen molar-refractivity contribution in [3.05, 3.63) is 52.9 Å². The maximum atomic E-state index is 12.4. The molecule has 0 unspecified atom stereocenters. The third-order valence-corrected chi connectivity index (χ3v) is 3.35. The maximum absolute atomic E-state index is 12.4. The van der Waals surface area contributed by atoms with Crippen LogP contribution in [0.25, 0.3) is 0 Å². The molecule has 1 aromatic heterocycles. The molecule has 4 heteroatoms. The highest BCUT2D eigenvalue weighted by molar-refractivity contribution is 5.96. The Morgan fingerprint density at radius 1 is 1.30 bits per heavy atom. The number of hydrogen-bond acceptors (Lipinski definition) is 3. The highest BCUT2D eigenvalue weighted by atomic mass is 16.5. The lowest BCUT2D eigenvalue weighted by atomic mass is 10.0. The molecule has 20 heavy (non-hydrogen) atoms. The van der Waals surface area contributed by atoms with Crippen LogP contribution in [0.15, 0.2) is 34.9 Å². The molecule has 1 atom stereocenters. The van der Waals surface area contributed by atoms with E-state index in [1.54, 1.807) is 13.8 Å². The lowest BCUT2D eigenvalue weighted by Gasteiger charge is -2.18. The molecule has 0 saturated carbocycles. The van der Waals surface area contributed by atoms with Gasteiger partial charge in [0, 0.05) is 0 Å². The molecule has 0 aliphatic heterocycles. The van der Waals surface area contributed by atoms with E-state index < -0.39 is 0 Å². The summed E-state index contributed by atoms with van der Waals surface area (Å²) in [7, 11) is 0. The van der Waals surface area contributed by atoms with Gasteiger partial charge in [0.05, 0.1) is 11.7 Å². The van der Waals surface area contributed by atoms with Crippen LogP contribution in [0.1, 0.15) is 53.2 Å². The third-order valence-electron chi connectivity index (χ3n) is 3.35. The first-order valence-corrected chi connectivity index (χ1v) is 6.92. The van der Waals surface area contributed by atoms with Crippen molar-refractivity contribution >= 4 is 5.91 Å². The van der Waals surface area contributed by atoms with Crippen molar-refractivity contribution in [3.63, 3.8) is 0 Å². The summed E-state index contributed by atoms with van der Waals surface area (Å²) in [4.78, 5) is 12.4. The van der Waals surface area contributed by atoms with Gasteiger partial charge in [-0.2, -0.15) is 0 Å². The van der Waals surface area contributed by atoms with Gasteiger partial charge in [0.25, 0.3) is 5.91 Å². The first-order valence-electron chi connectivity index (χ1n) is 6.92. The molecule has 0 radical (unpaired) electrons. The average molecular weight is 272 g/mol. The molecular formula is C16H20N2O2. The van der Waals surface area contributed by atoms with Crippen LogP contribution in [0.4, 0.5) is 0 Å². The normalized spacial score (nSPS) is 12.2. The Kier molecular flexibility index (Phi) is 4.56. The average Bonchev–Trinajstić information content (AvgIpc) is 2.78. The molecule has 1 aromatic carbocycles. The van der Waals surface area contributed by atoms with Crippen molar-refractivity contribution in [2.75, 3.05) is 0 Å². The minimum Gasteiger partial charge on any atom is -0.361 e. The monoisotopic (exact) mass is 272 g/mol. The quantitative estimate of drug-likeness (QED) is 0.905. The molecule has 0 bridgehead atoms. The van der Waals surface area contributed by atoms with Crippen LogP contribution in [-0.2, 0) is 0 Å². The molecule has 2 rings (SSSR count). The van der Waals surface area contributed by atoms with E-state index in [2.05, 4.69) is 17.4 Å². The maximum Gasteiger partial charge on any atom is 0.257 e. The van der Waals surface area contributed by atoms with Crippen molar-refractivity contribution in [1.29, 1.82) is 0 Å². The molecule has 1 heterocycles. The van der Waals surface area contributed by atoms with Crippen molar-refractivity contribution < 1.29 is 9.32 Å². The van der Waals surface area contributed by atoms with E-state index >= 15 is 0 Å². The van der Waals surface area contributed by atoms with Gasteiger partial charge in [-0.1, -0.05) is 48.8 Å². The molecule has 0 aliphatic rings. The smallest absolute Gasteiger partial charge is 0.257 e. The largest absolute Gasteiger partial charge is 0.361 e. The second kappa shape index (κ2) is 6.37. The second-order valence-corrected chi connectivity index (χ2v) is 4.92. The molecule has 0 spiro atoms. The van der Waals surface area contributed by atoms with Crippen LogP contribution >= 0.6 is 0 Å². The zero-order valence-electron chi connectivity index (χ0n) is 12.1. The number of nitrogens with one attached hydrogen (secondary N) is 1. The third kappa shape index (κ3) is 3.07. The molecule has 0 saturated heterocycles. The van der Waals surface area contributed by atoms with Crippen LogP contribution in [-0.4, -0.2) is 11.1 Å². The summed E-state index contributed by atoms with van der Waals surface area (Å²) in [6.45, 7) is 5.65. The van der Waals surface area contributed by atoms with Gasteiger partial charge in [0.1, 0.15) is 11.3 Å². The fourth-order valence-corrected chi connectivity index (χ4v) is 2.33. The Hall–Kier alpha value is -2.10. The van der Waals surface area contributed by atoms with E-state index in [-0.39, 0.29) is 11.9 Å². The zero-order valence-corrected chi connectivity index (χ0v) is 12.1. The van der Waals surface area contributed by atoms with Gasteiger partial charge in [0.15, 0.2) is 0 Å². The van der Waals surface area contributed by atoms with Gasteiger partial charge in [-0.05, 0) is 25.8 Å². The SMILES string of the molecule is CCC[C@@H](NC(=O)c1c(C)noc1C)c1ccccc1. The van der Waals surface area contributed by atoms with Gasteiger partial charge < -0.3 is 9.84 Å². The fourth-order valence-electron chi connectivity index (χ4n) is 2.33. The summed E-state index contributed by atoms with van der Waals surface area (Å²) in [5.74, 6) is 0.437. The fraction of sp³-hybridized carbons (Fsp3) is 0.375. The van der Waals surface area contributed by atoms with E-state index in [4.69, 9.17) is 4.52 Å². The van der Waals surface area contributed by atoms with E-state index in [0.29, 0.717) is 17.0 Å². The lowest BCUT2D eigenvalue weighted by Crippen LogP contribution is -2.29. The Bertz CT molecular complexity index is 556. The second-order valence-electron chi connectivity index (χ2n) is 4.92. The standard InChI is InChI=1S/C16H20N2O2/c1-4-8-14(13-9-6-5-7-10-13)17-16(19)15-11(2)18-20-12(15)3/h5-7,9-10,14H,4,8H2,1-3H3,(H,17,19)/t14-/m1/s1. The number of rotatable bonds is 5. The van der Waals surface area contributed by atoms with Crippen molar-refractivity contribution in [2.24, 2.45) is 0 Å². The highest BCUT2D eigenvalue weighted by Gasteiger charge is 2.21. The van der Waals surface area contributed by atoms with Crippen LogP contribution in [0.3, 0.4) is 0 Å². The Balaban J connectivity index is 2.19. The van der Waals surface area contributed by atoms with Crippen LogP contribution < -0.4 is 5.32 Å². The number of hydrogen-bond donors (Lipinski definition) is 1. The zero-order chi connectivity index (χ0) is 14.5. The minimum absolute atomic E-state index is 0.0161. The van der Waals surface area contributed by atoms with Crippen molar-refractivity contribution in [2.45, 2.75) is 39.7 Å². The molecule has 1 N–H and O–H groups in total. The lowest BCUT2D eigenvalue weighted by molar-refractivity contribution is 0.0932. The van der Waals surface area contributed by atoms with Crippen molar-refractivity contribution in [3.8, 4) is 0 Å². The highest BCUT2D eigenvalue weighted by Crippen LogP contribution is 2.20. The summed E-state index contributed by atoms with van der Waals surface area (Å²) < 4.78 is 5.05. The predicted octanol–water partition coefficient (Wildman–Crippen LogP) is 3.56. The molecular weight excluding hydrogens is 252 g/mol. The molecule has 0 fully saturated rings. The minimum atomic E-state index is -0.122. The summed E-state index contributed by atoms with van der Waals surface area (Å²) in [5.41, 5.74) is 2.29. The Morgan fingerprint density at radius 3 is 2.55 bits per heavy atom. The van der Waals surface area contributed by atoms with Crippen LogP contribution in [0.5, 0.6) is 0 Å². The molecule has 0 aliphatic carbocycles. The summed E-state index contributed by atoms with van der Waals surface area (Å²) >= 11 is 0.